The molecular weight excluding hydrogens is 340 g/mol. The van der Waals surface area contributed by atoms with Crippen LogP contribution in [0.5, 0.6) is 0 Å². The van der Waals surface area contributed by atoms with Crippen molar-refractivity contribution in [3.05, 3.63) is 29.3 Å². The monoisotopic (exact) mass is 366 g/mol. The largest absolute Gasteiger partial charge is 0.331 e. The third-order valence-electron chi connectivity index (χ3n) is 4.68. The number of benzene rings is 1. The Hall–Kier alpha value is -1.89. The Morgan fingerprint density at radius 2 is 1.76 bits per heavy atom. The zero-order valence-corrected chi connectivity index (χ0v) is 15.9. The molecule has 25 heavy (non-hydrogen) atoms. The molecule has 1 saturated heterocycles. The molecule has 1 aliphatic heterocycles. The molecule has 7 heteroatoms. The third kappa shape index (κ3) is 4.39. The lowest BCUT2D eigenvalue weighted by molar-refractivity contribution is -0.144. The van der Waals surface area contributed by atoms with E-state index in [9.17, 15) is 18.0 Å². The normalized spacial score (nSPS) is 18.8. The second-order valence-electron chi connectivity index (χ2n) is 6.26. The summed E-state index contributed by atoms with van der Waals surface area (Å²) in [6, 6.07) is 5.39. The van der Waals surface area contributed by atoms with Crippen LogP contribution in [0.15, 0.2) is 18.2 Å². The molecule has 0 saturated carbocycles. The molecule has 0 radical (unpaired) electrons. The predicted molar refractivity (Wildman–Crippen MR) is 98.3 cm³/mol. The van der Waals surface area contributed by atoms with Crippen molar-refractivity contribution < 1.29 is 18.0 Å². The minimum Gasteiger partial charge on any atom is -0.331 e. The van der Waals surface area contributed by atoms with Crippen molar-refractivity contribution in [1.82, 2.24) is 4.90 Å². The maximum absolute atomic E-state index is 12.6. The van der Waals surface area contributed by atoms with Crippen molar-refractivity contribution in [2.45, 2.75) is 46.1 Å². The number of rotatable bonds is 5. The number of hydrogen-bond acceptors (Lipinski definition) is 4. The summed E-state index contributed by atoms with van der Waals surface area (Å²) < 4.78 is 23.3. The quantitative estimate of drug-likeness (QED) is 0.805. The van der Waals surface area contributed by atoms with Crippen molar-refractivity contribution in [2.24, 2.45) is 0 Å². The number of sulfone groups is 1. The summed E-state index contributed by atoms with van der Waals surface area (Å²) in [4.78, 5) is 26.5. The van der Waals surface area contributed by atoms with Gasteiger partial charge in [0.2, 0.25) is 0 Å². The summed E-state index contributed by atoms with van der Waals surface area (Å²) >= 11 is 0. The van der Waals surface area contributed by atoms with E-state index in [0.717, 1.165) is 24.0 Å². The highest BCUT2D eigenvalue weighted by atomic mass is 32.2. The first-order valence-electron chi connectivity index (χ1n) is 8.76. The fraction of sp³-hybridized carbons (Fsp3) is 0.556. The molecule has 1 heterocycles. The molecule has 1 unspecified atom stereocenters. The lowest BCUT2D eigenvalue weighted by atomic mass is 10.0. The van der Waals surface area contributed by atoms with Crippen LogP contribution in [-0.2, 0) is 32.3 Å². The van der Waals surface area contributed by atoms with Crippen LogP contribution in [0.3, 0.4) is 0 Å². The highest BCUT2D eigenvalue weighted by Gasteiger charge is 2.36. The molecule has 0 spiro atoms. The van der Waals surface area contributed by atoms with Crippen LogP contribution >= 0.6 is 0 Å². The van der Waals surface area contributed by atoms with Crippen LogP contribution in [0.1, 0.15) is 38.3 Å². The molecule has 1 N–H and O–H groups in total. The zero-order valence-electron chi connectivity index (χ0n) is 15.0. The van der Waals surface area contributed by atoms with Gasteiger partial charge in [-0.1, -0.05) is 32.0 Å². The molecule has 0 bridgehead atoms. The zero-order chi connectivity index (χ0) is 18.6. The van der Waals surface area contributed by atoms with Crippen LogP contribution in [0.25, 0.3) is 0 Å². The molecule has 1 aromatic carbocycles. The molecule has 138 valence electrons. The lowest BCUT2D eigenvalue weighted by Crippen LogP contribution is -2.46. The number of carbonyl (C=O) groups excluding carboxylic acids is 2. The fourth-order valence-corrected chi connectivity index (χ4v) is 5.02. The Morgan fingerprint density at radius 1 is 1.16 bits per heavy atom. The van der Waals surface area contributed by atoms with E-state index in [2.05, 4.69) is 5.32 Å². The van der Waals surface area contributed by atoms with Crippen molar-refractivity contribution in [3.63, 3.8) is 0 Å². The molecule has 1 atom stereocenters. The van der Waals surface area contributed by atoms with Crippen LogP contribution in [-0.4, -0.2) is 49.2 Å². The number of carbonyl (C=O) groups is 2. The van der Waals surface area contributed by atoms with Crippen molar-refractivity contribution in [2.75, 3.05) is 23.4 Å². The smallest absolute Gasteiger partial charge is 0.313 e. The summed E-state index contributed by atoms with van der Waals surface area (Å²) in [7, 11) is -3.12. The van der Waals surface area contributed by atoms with Gasteiger partial charge in [-0.3, -0.25) is 9.59 Å². The van der Waals surface area contributed by atoms with E-state index in [0.29, 0.717) is 18.7 Å². The summed E-state index contributed by atoms with van der Waals surface area (Å²) in [5, 5.41) is 2.76. The van der Waals surface area contributed by atoms with Gasteiger partial charge in [0, 0.05) is 18.3 Å². The second-order valence-corrected chi connectivity index (χ2v) is 8.49. The molecule has 2 rings (SSSR count). The standard InChI is InChI=1S/C18H26N2O4S/c1-4-13-8-7-9-14(5-2)16(13)19-17(21)18(22)20(6-3)15-10-11-25(23,24)12-15/h7-9,15H,4-6,10-12H2,1-3H3,(H,19,21). The Morgan fingerprint density at radius 3 is 2.20 bits per heavy atom. The van der Waals surface area contributed by atoms with Gasteiger partial charge in [-0.25, -0.2) is 8.42 Å². The number of nitrogens with one attached hydrogen (secondary N) is 1. The first-order valence-corrected chi connectivity index (χ1v) is 10.6. The van der Waals surface area contributed by atoms with E-state index in [1.807, 2.05) is 32.0 Å². The van der Waals surface area contributed by atoms with Gasteiger partial charge in [0.1, 0.15) is 0 Å². The second kappa shape index (κ2) is 7.99. The van der Waals surface area contributed by atoms with E-state index in [4.69, 9.17) is 0 Å². The van der Waals surface area contributed by atoms with Crippen LogP contribution < -0.4 is 5.32 Å². The minimum atomic E-state index is -3.12. The number of para-hydroxylation sites is 1. The maximum Gasteiger partial charge on any atom is 0.313 e. The molecule has 0 aliphatic carbocycles. The fourth-order valence-electron chi connectivity index (χ4n) is 3.29. The SMILES string of the molecule is CCc1cccc(CC)c1NC(=O)C(=O)N(CC)C1CCS(=O)(=O)C1. The molecular formula is C18H26N2O4S. The van der Waals surface area contributed by atoms with Crippen molar-refractivity contribution in [3.8, 4) is 0 Å². The van der Waals surface area contributed by atoms with E-state index < -0.39 is 27.7 Å². The van der Waals surface area contributed by atoms with Gasteiger partial charge in [0.25, 0.3) is 0 Å². The minimum absolute atomic E-state index is 0.0639. The average Bonchev–Trinajstić information content (AvgIpc) is 2.95. The number of hydrogen-bond donors (Lipinski definition) is 1. The number of anilines is 1. The summed E-state index contributed by atoms with van der Waals surface area (Å²) in [5.74, 6) is -1.37. The summed E-state index contributed by atoms with van der Waals surface area (Å²) in [5.41, 5.74) is 2.65. The van der Waals surface area contributed by atoms with Crippen LogP contribution in [0.2, 0.25) is 0 Å². The van der Waals surface area contributed by atoms with Crippen LogP contribution in [0, 0.1) is 0 Å². The average molecular weight is 366 g/mol. The number of amides is 2. The molecule has 1 aromatic rings. The Bertz CT molecular complexity index is 736. The lowest BCUT2D eigenvalue weighted by Gasteiger charge is -2.26. The Balaban J connectivity index is 2.19. The highest BCUT2D eigenvalue weighted by molar-refractivity contribution is 7.91. The van der Waals surface area contributed by atoms with Gasteiger partial charge in [0.05, 0.1) is 11.5 Å². The van der Waals surface area contributed by atoms with Gasteiger partial charge in [-0.05, 0) is 37.3 Å². The van der Waals surface area contributed by atoms with E-state index in [1.165, 1.54) is 4.90 Å². The molecule has 1 aliphatic rings. The number of nitrogens with zero attached hydrogens (tertiary/aromatic N) is 1. The highest BCUT2D eigenvalue weighted by Crippen LogP contribution is 2.23. The Kier molecular flexibility index (Phi) is 6.21. The maximum atomic E-state index is 12.6. The summed E-state index contributed by atoms with van der Waals surface area (Å²) in [6.45, 7) is 6.05. The molecule has 2 amide bonds. The van der Waals surface area contributed by atoms with Crippen molar-refractivity contribution in [1.29, 1.82) is 0 Å². The number of likely N-dealkylation sites (N-methyl/N-ethyl adjacent to an activating group) is 1. The van der Waals surface area contributed by atoms with Gasteiger partial charge >= 0.3 is 11.8 Å². The molecule has 1 fully saturated rings. The van der Waals surface area contributed by atoms with Crippen LogP contribution in [0.4, 0.5) is 5.69 Å². The van der Waals surface area contributed by atoms with Gasteiger partial charge in [-0.2, -0.15) is 0 Å². The Labute approximate surface area is 149 Å². The third-order valence-corrected chi connectivity index (χ3v) is 6.43. The van der Waals surface area contributed by atoms with Gasteiger partial charge < -0.3 is 10.2 Å². The first kappa shape index (κ1) is 19.4. The molecule has 6 nitrogen and oxygen atoms in total. The topological polar surface area (TPSA) is 83.6 Å². The van der Waals surface area contributed by atoms with Gasteiger partial charge in [0.15, 0.2) is 9.84 Å². The summed E-state index contributed by atoms with van der Waals surface area (Å²) in [6.07, 6.45) is 1.88. The predicted octanol–water partition coefficient (Wildman–Crippen LogP) is 1.79. The van der Waals surface area contributed by atoms with E-state index >= 15 is 0 Å². The molecule has 0 aromatic heterocycles. The van der Waals surface area contributed by atoms with E-state index in [-0.39, 0.29) is 11.5 Å². The van der Waals surface area contributed by atoms with Crippen molar-refractivity contribution >= 4 is 27.3 Å². The number of aryl methyl sites for hydroxylation is 2. The van der Waals surface area contributed by atoms with E-state index in [1.54, 1.807) is 6.92 Å². The van der Waals surface area contributed by atoms with Gasteiger partial charge in [-0.15, -0.1) is 0 Å². The first-order chi connectivity index (χ1) is 11.8.